The predicted octanol–water partition coefficient (Wildman–Crippen LogP) is 2.58. The Morgan fingerprint density at radius 3 is 2.80 bits per heavy atom. The molecule has 5 nitrogen and oxygen atoms in total. The number of likely N-dealkylation sites (tertiary alicyclic amines) is 1. The highest BCUT2D eigenvalue weighted by Gasteiger charge is 2.48. The maximum absolute atomic E-state index is 9.20. The first-order chi connectivity index (χ1) is 12.2. The molecule has 1 aliphatic carbocycles. The van der Waals surface area contributed by atoms with E-state index in [0.717, 1.165) is 18.8 Å². The minimum Gasteiger partial charge on any atom is -0.335 e. The van der Waals surface area contributed by atoms with E-state index in [1.807, 2.05) is 11.6 Å². The maximum Gasteiger partial charge on any atom is 0.162 e. The van der Waals surface area contributed by atoms with Crippen LogP contribution in [0.15, 0.2) is 36.7 Å². The first-order valence-corrected chi connectivity index (χ1v) is 9.13. The summed E-state index contributed by atoms with van der Waals surface area (Å²) in [7, 11) is 1.95. The van der Waals surface area contributed by atoms with E-state index < -0.39 is 0 Å². The second-order valence-corrected chi connectivity index (χ2v) is 7.49. The van der Waals surface area contributed by atoms with Crippen molar-refractivity contribution in [1.82, 2.24) is 19.8 Å². The summed E-state index contributed by atoms with van der Waals surface area (Å²) < 4.78 is 1.95. The highest BCUT2D eigenvalue weighted by Crippen LogP contribution is 2.46. The summed E-state index contributed by atoms with van der Waals surface area (Å²) in [5, 5.41) is 12.9. The van der Waals surface area contributed by atoms with E-state index in [1.165, 1.54) is 31.2 Å². The molecule has 1 aromatic carbocycles. The van der Waals surface area contributed by atoms with E-state index in [4.69, 9.17) is 0 Å². The molecule has 1 spiro atoms. The number of hydrogen-bond acceptors (Lipinski definition) is 4. The molecule has 0 bridgehead atoms. The van der Waals surface area contributed by atoms with Gasteiger partial charge in [-0.25, -0.2) is 4.98 Å². The number of nitrogens with zero attached hydrogens (tertiary/aromatic N) is 4. The van der Waals surface area contributed by atoms with Crippen molar-refractivity contribution in [2.45, 2.75) is 50.4 Å². The van der Waals surface area contributed by atoms with Crippen LogP contribution in [0.1, 0.15) is 42.6 Å². The van der Waals surface area contributed by atoms with E-state index in [2.05, 4.69) is 51.6 Å². The Kier molecular flexibility index (Phi) is 4.32. The lowest BCUT2D eigenvalue weighted by atomic mass is 9.74. The number of rotatable bonds is 5. The summed E-state index contributed by atoms with van der Waals surface area (Å²) >= 11 is 0. The van der Waals surface area contributed by atoms with Crippen LogP contribution in [-0.4, -0.2) is 32.6 Å². The van der Waals surface area contributed by atoms with Crippen molar-refractivity contribution in [2.75, 3.05) is 6.54 Å². The fourth-order valence-corrected chi connectivity index (χ4v) is 4.39. The van der Waals surface area contributed by atoms with E-state index in [0.29, 0.717) is 23.8 Å². The normalized spacial score (nSPS) is 22.0. The third-order valence-corrected chi connectivity index (χ3v) is 5.96. The van der Waals surface area contributed by atoms with Crippen molar-refractivity contribution in [1.29, 1.82) is 5.26 Å². The Bertz CT molecular complexity index is 769. The molecule has 25 heavy (non-hydrogen) atoms. The lowest BCUT2D eigenvalue weighted by Crippen LogP contribution is -2.48. The molecular weight excluding hydrogens is 310 g/mol. The average Bonchev–Trinajstić information content (AvgIpc) is 3.14. The molecule has 1 N–H and O–H groups in total. The predicted molar refractivity (Wildman–Crippen MR) is 96.6 cm³/mol. The molecule has 0 amide bonds. The molecular formula is C20H25N5. The monoisotopic (exact) mass is 335 g/mol. The average molecular weight is 335 g/mol. The SMILES string of the molecule is Cn1cnc(C#N)c1CNC1CN(Cc2ccccc2)C2(CCC2)C1. The molecule has 1 aliphatic heterocycles. The summed E-state index contributed by atoms with van der Waals surface area (Å²) in [6, 6.07) is 13.4. The van der Waals surface area contributed by atoms with Crippen LogP contribution < -0.4 is 5.32 Å². The fourth-order valence-electron chi connectivity index (χ4n) is 4.39. The highest BCUT2D eigenvalue weighted by molar-refractivity contribution is 5.26. The molecule has 2 aliphatic rings. The lowest BCUT2D eigenvalue weighted by molar-refractivity contribution is 0.0495. The van der Waals surface area contributed by atoms with Gasteiger partial charge in [-0.15, -0.1) is 0 Å². The van der Waals surface area contributed by atoms with Crippen LogP contribution in [0.5, 0.6) is 0 Å². The van der Waals surface area contributed by atoms with Crippen LogP contribution in [-0.2, 0) is 20.1 Å². The summed E-state index contributed by atoms with van der Waals surface area (Å²) in [5.41, 5.74) is 3.30. The molecule has 1 unspecified atom stereocenters. The van der Waals surface area contributed by atoms with Gasteiger partial charge in [0.2, 0.25) is 0 Å². The zero-order valence-electron chi connectivity index (χ0n) is 14.8. The van der Waals surface area contributed by atoms with Crippen molar-refractivity contribution < 1.29 is 0 Å². The van der Waals surface area contributed by atoms with Gasteiger partial charge in [0.05, 0.1) is 12.0 Å². The quantitative estimate of drug-likeness (QED) is 0.912. The van der Waals surface area contributed by atoms with Gasteiger partial charge in [0.15, 0.2) is 5.69 Å². The molecule has 130 valence electrons. The Hall–Kier alpha value is -2.16. The van der Waals surface area contributed by atoms with Crippen LogP contribution in [0.25, 0.3) is 0 Å². The molecule has 1 atom stereocenters. The Morgan fingerprint density at radius 1 is 1.32 bits per heavy atom. The Labute approximate surface area is 149 Å². The van der Waals surface area contributed by atoms with Crippen LogP contribution in [0.3, 0.4) is 0 Å². The lowest BCUT2D eigenvalue weighted by Gasteiger charge is -2.46. The van der Waals surface area contributed by atoms with Gasteiger partial charge in [0.1, 0.15) is 6.07 Å². The van der Waals surface area contributed by atoms with Gasteiger partial charge in [-0.3, -0.25) is 4.90 Å². The Balaban J connectivity index is 1.42. The number of imidazole rings is 1. The standard InChI is InChI=1S/C20H25N5/c1-24-15-23-18(11-21)19(24)12-22-17-10-20(8-5-9-20)25(14-17)13-16-6-3-2-4-7-16/h2-4,6-7,15,17,22H,5,8-10,12-14H2,1H3. The third kappa shape index (κ3) is 3.08. The van der Waals surface area contributed by atoms with Crippen LogP contribution in [0, 0.1) is 11.3 Å². The van der Waals surface area contributed by atoms with E-state index in [-0.39, 0.29) is 0 Å². The number of benzene rings is 1. The zero-order chi connectivity index (χ0) is 17.3. The number of hydrogen-bond donors (Lipinski definition) is 1. The van der Waals surface area contributed by atoms with E-state index in [9.17, 15) is 5.26 Å². The molecule has 1 aromatic heterocycles. The molecule has 1 saturated heterocycles. The number of nitriles is 1. The zero-order valence-corrected chi connectivity index (χ0v) is 14.8. The fraction of sp³-hybridized carbons (Fsp3) is 0.500. The van der Waals surface area contributed by atoms with Crippen molar-refractivity contribution >= 4 is 0 Å². The summed E-state index contributed by atoms with van der Waals surface area (Å²) in [5.74, 6) is 0. The Morgan fingerprint density at radius 2 is 2.12 bits per heavy atom. The number of nitrogens with one attached hydrogen (secondary N) is 1. The smallest absolute Gasteiger partial charge is 0.162 e. The second kappa shape index (κ2) is 6.62. The number of aromatic nitrogens is 2. The summed E-state index contributed by atoms with van der Waals surface area (Å²) in [6.07, 6.45) is 6.90. The van der Waals surface area contributed by atoms with Crippen molar-refractivity contribution in [3.05, 3.63) is 53.6 Å². The van der Waals surface area contributed by atoms with Gasteiger partial charge in [-0.2, -0.15) is 5.26 Å². The van der Waals surface area contributed by atoms with Crippen molar-refractivity contribution in [3.63, 3.8) is 0 Å². The van der Waals surface area contributed by atoms with Crippen LogP contribution in [0.4, 0.5) is 0 Å². The number of aryl methyl sites for hydroxylation is 1. The summed E-state index contributed by atoms with van der Waals surface area (Å²) in [6.45, 7) is 2.82. The molecule has 2 fully saturated rings. The second-order valence-electron chi connectivity index (χ2n) is 7.49. The van der Waals surface area contributed by atoms with Gasteiger partial charge in [0.25, 0.3) is 0 Å². The molecule has 1 saturated carbocycles. The first kappa shape index (κ1) is 16.3. The minimum atomic E-state index is 0.387. The highest BCUT2D eigenvalue weighted by atomic mass is 15.3. The topological polar surface area (TPSA) is 56.9 Å². The van der Waals surface area contributed by atoms with Crippen LogP contribution in [0.2, 0.25) is 0 Å². The molecule has 0 radical (unpaired) electrons. The molecule has 2 aromatic rings. The van der Waals surface area contributed by atoms with Crippen molar-refractivity contribution in [2.24, 2.45) is 7.05 Å². The van der Waals surface area contributed by atoms with Crippen LogP contribution >= 0.6 is 0 Å². The van der Waals surface area contributed by atoms with E-state index in [1.54, 1.807) is 6.33 Å². The third-order valence-electron chi connectivity index (χ3n) is 5.96. The first-order valence-electron chi connectivity index (χ1n) is 9.13. The molecule has 5 heteroatoms. The van der Waals surface area contributed by atoms with Gasteiger partial charge >= 0.3 is 0 Å². The largest absolute Gasteiger partial charge is 0.335 e. The van der Waals surface area contributed by atoms with Gasteiger partial charge in [-0.1, -0.05) is 30.3 Å². The molecule has 4 rings (SSSR count). The van der Waals surface area contributed by atoms with Gasteiger partial charge in [-0.05, 0) is 31.2 Å². The summed E-state index contributed by atoms with van der Waals surface area (Å²) in [4.78, 5) is 6.84. The van der Waals surface area contributed by atoms with E-state index >= 15 is 0 Å². The van der Waals surface area contributed by atoms with Gasteiger partial charge in [0, 0.05) is 38.3 Å². The van der Waals surface area contributed by atoms with Crippen molar-refractivity contribution in [3.8, 4) is 6.07 Å². The van der Waals surface area contributed by atoms with Gasteiger partial charge < -0.3 is 9.88 Å². The minimum absolute atomic E-state index is 0.387. The molecule has 2 heterocycles. The maximum atomic E-state index is 9.20.